The molecule has 3 nitrogen and oxygen atoms in total. The summed E-state index contributed by atoms with van der Waals surface area (Å²) in [5.41, 5.74) is 3.61. The van der Waals surface area contributed by atoms with Crippen molar-refractivity contribution < 1.29 is 0 Å². The van der Waals surface area contributed by atoms with E-state index in [-0.39, 0.29) is 0 Å². The number of thiocarbonyl (C=S) groups is 1. The predicted octanol–water partition coefficient (Wildman–Crippen LogP) is 4.82. The van der Waals surface area contributed by atoms with Crippen LogP contribution in [0.2, 0.25) is 10.0 Å². The first-order valence-corrected chi connectivity index (χ1v) is 9.47. The number of anilines is 1. The van der Waals surface area contributed by atoms with E-state index in [9.17, 15) is 0 Å². The van der Waals surface area contributed by atoms with Gasteiger partial charge in [0.25, 0.3) is 0 Å². The summed E-state index contributed by atoms with van der Waals surface area (Å²) < 4.78 is 0. The molecule has 2 aromatic carbocycles. The topological polar surface area (TPSA) is 18.5 Å². The van der Waals surface area contributed by atoms with Crippen LogP contribution in [0, 0.1) is 6.92 Å². The first kappa shape index (κ1) is 18.5. The molecule has 0 aromatic heterocycles. The summed E-state index contributed by atoms with van der Waals surface area (Å²) in [6, 6.07) is 14.0. The minimum Gasteiger partial charge on any atom is -0.346 e. The van der Waals surface area contributed by atoms with Crippen molar-refractivity contribution in [2.75, 3.05) is 31.5 Å². The Morgan fingerprint density at radius 1 is 1.04 bits per heavy atom. The van der Waals surface area contributed by atoms with Crippen molar-refractivity contribution in [3.63, 3.8) is 0 Å². The van der Waals surface area contributed by atoms with Crippen molar-refractivity contribution in [2.24, 2.45) is 0 Å². The van der Waals surface area contributed by atoms with Crippen molar-refractivity contribution in [1.82, 2.24) is 9.80 Å². The normalized spacial score (nSPS) is 15.2. The molecule has 0 aliphatic carbocycles. The van der Waals surface area contributed by atoms with Gasteiger partial charge < -0.3 is 10.2 Å². The Balaban J connectivity index is 1.52. The van der Waals surface area contributed by atoms with Crippen LogP contribution >= 0.6 is 35.4 Å². The van der Waals surface area contributed by atoms with Crippen LogP contribution in [-0.4, -0.2) is 41.1 Å². The largest absolute Gasteiger partial charge is 0.346 e. The van der Waals surface area contributed by atoms with Gasteiger partial charge in [-0.25, -0.2) is 0 Å². The molecule has 0 atom stereocenters. The van der Waals surface area contributed by atoms with E-state index in [0.717, 1.165) is 43.5 Å². The fraction of sp³-hybridized carbons (Fsp3) is 0.316. The Bertz CT molecular complexity index is 758. The van der Waals surface area contributed by atoms with Crippen LogP contribution in [0.25, 0.3) is 0 Å². The van der Waals surface area contributed by atoms with Crippen LogP contribution in [0.15, 0.2) is 42.5 Å². The van der Waals surface area contributed by atoms with E-state index >= 15 is 0 Å². The molecule has 1 aliphatic heterocycles. The maximum Gasteiger partial charge on any atom is 0.173 e. The minimum absolute atomic E-state index is 0.525. The number of aryl methyl sites for hydroxylation is 1. The third-order valence-electron chi connectivity index (χ3n) is 4.49. The van der Waals surface area contributed by atoms with Gasteiger partial charge in [-0.15, -0.1) is 0 Å². The first-order chi connectivity index (χ1) is 12.0. The number of hydrogen-bond donors (Lipinski definition) is 1. The van der Waals surface area contributed by atoms with Gasteiger partial charge in [-0.3, -0.25) is 4.90 Å². The van der Waals surface area contributed by atoms with Gasteiger partial charge >= 0.3 is 0 Å². The Hall–Kier alpha value is -1.33. The summed E-state index contributed by atoms with van der Waals surface area (Å²) in [6.07, 6.45) is 0. The molecule has 1 heterocycles. The zero-order valence-electron chi connectivity index (χ0n) is 14.1. The lowest BCUT2D eigenvalue weighted by Crippen LogP contribution is -2.49. The highest BCUT2D eigenvalue weighted by molar-refractivity contribution is 7.80. The summed E-state index contributed by atoms with van der Waals surface area (Å²) in [5, 5.41) is 5.05. The number of halogens is 2. The molecule has 25 heavy (non-hydrogen) atoms. The van der Waals surface area contributed by atoms with E-state index in [2.05, 4.69) is 46.3 Å². The molecule has 0 saturated carbocycles. The number of piperazine rings is 1. The van der Waals surface area contributed by atoms with Crippen LogP contribution in [0.4, 0.5) is 5.69 Å². The second-order valence-corrected chi connectivity index (χ2v) is 7.45. The second-order valence-electron chi connectivity index (χ2n) is 6.25. The van der Waals surface area contributed by atoms with E-state index in [4.69, 9.17) is 35.4 Å². The van der Waals surface area contributed by atoms with Gasteiger partial charge in [0.2, 0.25) is 0 Å². The summed E-state index contributed by atoms with van der Waals surface area (Å²) >= 11 is 17.5. The highest BCUT2D eigenvalue weighted by atomic mass is 35.5. The standard InChI is InChI=1S/C19H21Cl2N3S/c1-14-4-2-3-5-15(14)13-23-8-10-24(11-9-23)19(25)22-16-6-7-17(20)18(21)12-16/h2-7,12H,8-11,13H2,1H3,(H,22,25). The summed E-state index contributed by atoms with van der Waals surface area (Å²) in [5.74, 6) is 0. The van der Waals surface area contributed by atoms with Gasteiger partial charge in [0.1, 0.15) is 0 Å². The molecule has 1 aliphatic rings. The molecular weight excluding hydrogens is 373 g/mol. The van der Waals surface area contributed by atoms with Crippen LogP contribution in [0.5, 0.6) is 0 Å². The van der Waals surface area contributed by atoms with E-state index < -0.39 is 0 Å². The molecule has 1 saturated heterocycles. The van der Waals surface area contributed by atoms with E-state index in [1.807, 2.05) is 6.07 Å². The van der Waals surface area contributed by atoms with Crippen LogP contribution < -0.4 is 5.32 Å². The van der Waals surface area contributed by atoms with Crippen molar-refractivity contribution in [3.8, 4) is 0 Å². The molecule has 1 fully saturated rings. The highest BCUT2D eigenvalue weighted by Gasteiger charge is 2.19. The van der Waals surface area contributed by atoms with Crippen LogP contribution in [0.3, 0.4) is 0 Å². The Morgan fingerprint density at radius 2 is 1.76 bits per heavy atom. The number of nitrogens with zero attached hydrogens (tertiary/aromatic N) is 2. The molecule has 1 N–H and O–H groups in total. The van der Waals surface area contributed by atoms with Gasteiger partial charge in [-0.05, 0) is 48.5 Å². The zero-order valence-corrected chi connectivity index (χ0v) is 16.5. The lowest BCUT2D eigenvalue weighted by atomic mass is 10.1. The number of rotatable bonds is 3. The SMILES string of the molecule is Cc1ccccc1CN1CCN(C(=S)Nc2ccc(Cl)c(Cl)c2)CC1. The molecule has 0 amide bonds. The third-order valence-corrected chi connectivity index (χ3v) is 5.58. The average Bonchev–Trinajstić information content (AvgIpc) is 2.61. The maximum absolute atomic E-state index is 6.06. The molecule has 0 spiro atoms. The molecule has 132 valence electrons. The Morgan fingerprint density at radius 3 is 2.44 bits per heavy atom. The van der Waals surface area contributed by atoms with Gasteiger partial charge in [0.05, 0.1) is 10.0 Å². The number of hydrogen-bond acceptors (Lipinski definition) is 2. The fourth-order valence-electron chi connectivity index (χ4n) is 2.91. The molecule has 3 rings (SSSR count). The lowest BCUT2D eigenvalue weighted by molar-refractivity contribution is 0.176. The zero-order chi connectivity index (χ0) is 17.8. The van der Waals surface area contributed by atoms with Gasteiger partial charge in [0, 0.05) is 38.4 Å². The summed E-state index contributed by atoms with van der Waals surface area (Å²) in [4.78, 5) is 4.67. The monoisotopic (exact) mass is 393 g/mol. The molecule has 0 bridgehead atoms. The van der Waals surface area contributed by atoms with Crippen molar-refractivity contribution in [3.05, 3.63) is 63.6 Å². The van der Waals surface area contributed by atoms with E-state index in [0.29, 0.717) is 10.0 Å². The quantitative estimate of drug-likeness (QED) is 0.753. The number of nitrogens with one attached hydrogen (secondary N) is 1. The molecule has 2 aromatic rings. The smallest absolute Gasteiger partial charge is 0.173 e. The third kappa shape index (κ3) is 4.85. The first-order valence-electron chi connectivity index (χ1n) is 8.31. The molecular formula is C19H21Cl2N3S. The van der Waals surface area contributed by atoms with Crippen LogP contribution in [0.1, 0.15) is 11.1 Å². The predicted molar refractivity (Wildman–Crippen MR) is 111 cm³/mol. The fourth-order valence-corrected chi connectivity index (χ4v) is 3.51. The molecule has 6 heteroatoms. The minimum atomic E-state index is 0.525. The van der Waals surface area contributed by atoms with Gasteiger partial charge in [-0.2, -0.15) is 0 Å². The van der Waals surface area contributed by atoms with E-state index in [1.54, 1.807) is 12.1 Å². The Kier molecular flexibility index (Phi) is 6.18. The molecule has 0 radical (unpaired) electrons. The average molecular weight is 394 g/mol. The second kappa shape index (κ2) is 8.37. The Labute approximate surface area is 164 Å². The van der Waals surface area contributed by atoms with Gasteiger partial charge in [-0.1, -0.05) is 47.5 Å². The summed E-state index contributed by atoms with van der Waals surface area (Å²) in [6.45, 7) is 6.99. The molecule has 0 unspecified atom stereocenters. The van der Waals surface area contributed by atoms with Crippen molar-refractivity contribution in [1.29, 1.82) is 0 Å². The van der Waals surface area contributed by atoms with Crippen LogP contribution in [-0.2, 0) is 6.54 Å². The lowest BCUT2D eigenvalue weighted by Gasteiger charge is -2.36. The maximum atomic E-state index is 6.06. The van der Waals surface area contributed by atoms with Crippen molar-refractivity contribution in [2.45, 2.75) is 13.5 Å². The highest BCUT2D eigenvalue weighted by Crippen LogP contribution is 2.25. The number of benzene rings is 2. The summed E-state index contributed by atoms with van der Waals surface area (Å²) in [7, 11) is 0. The van der Waals surface area contributed by atoms with Gasteiger partial charge in [0.15, 0.2) is 5.11 Å². The van der Waals surface area contributed by atoms with Crippen molar-refractivity contribution >= 4 is 46.2 Å². The van der Waals surface area contributed by atoms with E-state index in [1.165, 1.54) is 11.1 Å².